The number of hydrogen-bond acceptors (Lipinski definition) is 3. The van der Waals surface area contributed by atoms with Crippen molar-refractivity contribution in [3.05, 3.63) is 52.8 Å². The van der Waals surface area contributed by atoms with Crippen molar-refractivity contribution in [2.24, 2.45) is 5.73 Å². The number of nitrogens with one attached hydrogen (secondary N) is 1. The van der Waals surface area contributed by atoms with Crippen LogP contribution in [0.5, 0.6) is 11.5 Å². The maximum absolute atomic E-state index is 7.50. The second kappa shape index (κ2) is 5.71. The van der Waals surface area contributed by atoms with Crippen molar-refractivity contribution in [3.8, 4) is 11.5 Å². The Hall–Kier alpha value is -2.07. The molecule has 1 aromatic heterocycles. The number of hydrogen-bond donors (Lipinski definition) is 2. The summed E-state index contributed by atoms with van der Waals surface area (Å²) in [4.78, 5) is 3.98. The van der Waals surface area contributed by atoms with E-state index in [9.17, 15) is 0 Å². The van der Waals surface area contributed by atoms with E-state index in [1.807, 2.05) is 13.0 Å². The van der Waals surface area contributed by atoms with Crippen LogP contribution in [0.25, 0.3) is 0 Å². The van der Waals surface area contributed by atoms with Gasteiger partial charge >= 0.3 is 0 Å². The quantitative estimate of drug-likeness (QED) is 0.664. The van der Waals surface area contributed by atoms with Crippen LogP contribution in [-0.2, 0) is 6.42 Å². The molecule has 0 atom stereocenters. The lowest BCUT2D eigenvalue weighted by Crippen LogP contribution is -2.12. The number of nitrogens with zero attached hydrogens (tertiary/aromatic N) is 1. The van der Waals surface area contributed by atoms with Gasteiger partial charge in [-0.15, -0.1) is 0 Å². The van der Waals surface area contributed by atoms with Crippen molar-refractivity contribution < 1.29 is 4.74 Å². The van der Waals surface area contributed by atoms with E-state index in [2.05, 4.69) is 4.98 Å². The Kier molecular flexibility index (Phi) is 4.02. The first-order valence-electron chi connectivity index (χ1n) is 5.86. The zero-order valence-electron chi connectivity index (χ0n) is 10.5. The highest BCUT2D eigenvalue weighted by Gasteiger charge is 2.08. The maximum Gasteiger partial charge on any atom is 0.156 e. The van der Waals surface area contributed by atoms with Gasteiger partial charge in [0, 0.05) is 11.2 Å². The van der Waals surface area contributed by atoms with Gasteiger partial charge in [0.2, 0.25) is 0 Å². The van der Waals surface area contributed by atoms with Gasteiger partial charge in [-0.2, -0.15) is 0 Å². The number of benzene rings is 1. The molecule has 0 saturated heterocycles. The van der Waals surface area contributed by atoms with Crippen LogP contribution in [0.2, 0.25) is 5.02 Å². The summed E-state index contributed by atoms with van der Waals surface area (Å²) in [7, 11) is 0. The number of amidine groups is 1. The van der Waals surface area contributed by atoms with Crippen molar-refractivity contribution >= 4 is 17.4 Å². The molecule has 0 radical (unpaired) electrons. The van der Waals surface area contributed by atoms with Crippen molar-refractivity contribution in [2.75, 3.05) is 0 Å². The number of pyridine rings is 1. The standard InChI is InChI=1S/C14H14ClN3O/c1-2-9-7-10(3-4-12(9)15)19-13-8-18-6-5-11(13)14(16)17/h3-8H,2H2,1H3,(H3,16,17). The molecule has 0 fully saturated rings. The average Bonchev–Trinajstić information content (AvgIpc) is 2.41. The monoisotopic (exact) mass is 275 g/mol. The minimum absolute atomic E-state index is 0.0536. The van der Waals surface area contributed by atoms with E-state index in [1.54, 1.807) is 24.4 Å². The Labute approximate surface area is 116 Å². The van der Waals surface area contributed by atoms with Crippen molar-refractivity contribution in [2.45, 2.75) is 13.3 Å². The third-order valence-corrected chi connectivity index (χ3v) is 3.07. The third kappa shape index (κ3) is 3.03. The molecule has 19 heavy (non-hydrogen) atoms. The summed E-state index contributed by atoms with van der Waals surface area (Å²) in [6.07, 6.45) is 3.93. The van der Waals surface area contributed by atoms with E-state index < -0.39 is 0 Å². The number of nitrogen functional groups attached to an aromatic ring is 1. The molecule has 2 aromatic rings. The summed E-state index contributed by atoms with van der Waals surface area (Å²) in [6.45, 7) is 2.02. The summed E-state index contributed by atoms with van der Waals surface area (Å²) in [5.74, 6) is 1.05. The molecule has 0 saturated carbocycles. The van der Waals surface area contributed by atoms with E-state index >= 15 is 0 Å². The molecule has 0 aliphatic carbocycles. The van der Waals surface area contributed by atoms with Crippen LogP contribution in [0.15, 0.2) is 36.7 Å². The highest BCUT2D eigenvalue weighted by atomic mass is 35.5. The Morgan fingerprint density at radius 3 is 2.89 bits per heavy atom. The van der Waals surface area contributed by atoms with Crippen LogP contribution in [0.3, 0.4) is 0 Å². The number of aromatic nitrogens is 1. The van der Waals surface area contributed by atoms with Crippen molar-refractivity contribution in [3.63, 3.8) is 0 Å². The van der Waals surface area contributed by atoms with E-state index in [4.69, 9.17) is 27.5 Å². The van der Waals surface area contributed by atoms with Gasteiger partial charge < -0.3 is 10.5 Å². The first-order chi connectivity index (χ1) is 9.11. The van der Waals surface area contributed by atoms with Crippen LogP contribution in [0.1, 0.15) is 18.1 Å². The van der Waals surface area contributed by atoms with E-state index in [-0.39, 0.29) is 5.84 Å². The lowest BCUT2D eigenvalue weighted by atomic mass is 10.1. The molecular formula is C14H14ClN3O. The zero-order chi connectivity index (χ0) is 13.8. The number of halogens is 1. The SMILES string of the molecule is CCc1cc(Oc2cnccc2C(=N)N)ccc1Cl. The van der Waals surface area contributed by atoms with Crippen LogP contribution in [0.4, 0.5) is 0 Å². The van der Waals surface area contributed by atoms with Crippen molar-refractivity contribution in [1.29, 1.82) is 5.41 Å². The molecule has 0 spiro atoms. The Morgan fingerprint density at radius 2 is 2.21 bits per heavy atom. The van der Waals surface area contributed by atoms with Gasteiger partial charge in [-0.25, -0.2) is 0 Å². The molecular weight excluding hydrogens is 262 g/mol. The fraction of sp³-hybridized carbons (Fsp3) is 0.143. The Morgan fingerprint density at radius 1 is 1.42 bits per heavy atom. The van der Waals surface area contributed by atoms with Gasteiger partial charge in [-0.05, 0) is 36.2 Å². The molecule has 5 heteroatoms. The summed E-state index contributed by atoms with van der Waals surface area (Å²) < 4.78 is 5.73. The van der Waals surface area contributed by atoms with Gasteiger partial charge in [0.25, 0.3) is 0 Å². The van der Waals surface area contributed by atoms with Crippen LogP contribution >= 0.6 is 11.6 Å². The predicted octanol–water partition coefficient (Wildman–Crippen LogP) is 3.37. The van der Waals surface area contributed by atoms with Gasteiger partial charge in [-0.1, -0.05) is 18.5 Å². The van der Waals surface area contributed by atoms with Gasteiger partial charge in [0.1, 0.15) is 11.6 Å². The molecule has 2 rings (SSSR count). The Bertz CT molecular complexity index is 613. The largest absolute Gasteiger partial charge is 0.455 e. The van der Waals surface area contributed by atoms with E-state index in [1.165, 1.54) is 6.20 Å². The first-order valence-corrected chi connectivity index (χ1v) is 6.24. The van der Waals surface area contributed by atoms with E-state index in [0.29, 0.717) is 22.1 Å². The average molecular weight is 276 g/mol. The van der Waals surface area contributed by atoms with Gasteiger partial charge in [-0.3, -0.25) is 10.4 Å². The molecule has 0 bridgehead atoms. The molecule has 1 heterocycles. The topological polar surface area (TPSA) is 72.0 Å². The fourth-order valence-electron chi connectivity index (χ4n) is 1.70. The molecule has 0 aliphatic heterocycles. The highest BCUT2D eigenvalue weighted by Crippen LogP contribution is 2.28. The molecule has 1 aromatic carbocycles. The summed E-state index contributed by atoms with van der Waals surface area (Å²) in [5, 5.41) is 8.22. The number of aryl methyl sites for hydroxylation is 1. The molecule has 3 N–H and O–H groups in total. The van der Waals surface area contributed by atoms with Crippen LogP contribution < -0.4 is 10.5 Å². The van der Waals surface area contributed by atoms with Gasteiger partial charge in [0.15, 0.2) is 5.75 Å². The van der Waals surface area contributed by atoms with Gasteiger partial charge in [0.05, 0.1) is 11.8 Å². The lowest BCUT2D eigenvalue weighted by Gasteiger charge is -2.11. The molecule has 0 aliphatic rings. The second-order valence-electron chi connectivity index (χ2n) is 3.99. The second-order valence-corrected chi connectivity index (χ2v) is 4.40. The number of rotatable bonds is 4. The minimum Gasteiger partial charge on any atom is -0.455 e. The zero-order valence-corrected chi connectivity index (χ0v) is 11.2. The minimum atomic E-state index is -0.0536. The smallest absolute Gasteiger partial charge is 0.156 e. The Balaban J connectivity index is 2.34. The molecule has 0 unspecified atom stereocenters. The third-order valence-electron chi connectivity index (χ3n) is 2.70. The lowest BCUT2D eigenvalue weighted by molar-refractivity contribution is 0.478. The maximum atomic E-state index is 7.50. The number of ether oxygens (including phenoxy) is 1. The van der Waals surface area contributed by atoms with Crippen LogP contribution in [0, 0.1) is 5.41 Å². The van der Waals surface area contributed by atoms with E-state index in [0.717, 1.165) is 12.0 Å². The molecule has 4 nitrogen and oxygen atoms in total. The fourth-order valence-corrected chi connectivity index (χ4v) is 1.95. The summed E-state index contributed by atoms with van der Waals surface area (Å²) in [5.41, 5.74) is 7.03. The predicted molar refractivity (Wildman–Crippen MR) is 76.2 cm³/mol. The van der Waals surface area contributed by atoms with Crippen LogP contribution in [-0.4, -0.2) is 10.8 Å². The summed E-state index contributed by atoms with van der Waals surface area (Å²) >= 11 is 6.06. The summed E-state index contributed by atoms with van der Waals surface area (Å²) in [6, 6.07) is 7.09. The van der Waals surface area contributed by atoms with Crippen molar-refractivity contribution in [1.82, 2.24) is 4.98 Å². The molecule has 98 valence electrons. The number of nitrogens with two attached hydrogens (primary N) is 1. The normalized spacial score (nSPS) is 10.2. The molecule has 0 amide bonds. The first kappa shape index (κ1) is 13.4. The highest BCUT2D eigenvalue weighted by molar-refractivity contribution is 6.31.